The van der Waals surface area contributed by atoms with E-state index in [1.165, 1.54) is 64.8 Å². The molecule has 2 rings (SSSR count). The van der Waals surface area contributed by atoms with Crippen LogP contribution in [0.4, 0.5) is 0 Å². The maximum Gasteiger partial charge on any atom is 0.0700 e. The number of ether oxygens (including phenoxy) is 2. The van der Waals surface area contributed by atoms with Gasteiger partial charge in [0.25, 0.3) is 0 Å². The number of methoxy groups -OCH3 is 1. The first-order valence-corrected chi connectivity index (χ1v) is 8.40. The van der Waals surface area contributed by atoms with Crippen molar-refractivity contribution >= 4 is 0 Å². The van der Waals surface area contributed by atoms with E-state index in [0.717, 1.165) is 25.7 Å². The van der Waals surface area contributed by atoms with Gasteiger partial charge in [-0.3, -0.25) is 0 Å². The maximum absolute atomic E-state index is 5.55. The smallest absolute Gasteiger partial charge is 0.0700 e. The van der Waals surface area contributed by atoms with Gasteiger partial charge >= 0.3 is 0 Å². The third-order valence-corrected chi connectivity index (χ3v) is 4.66. The van der Waals surface area contributed by atoms with Crippen LogP contribution in [0.3, 0.4) is 0 Å². The lowest BCUT2D eigenvalue weighted by molar-refractivity contribution is 0.0486. The number of hydrogen-bond donors (Lipinski definition) is 0. The van der Waals surface area contributed by atoms with Crippen LogP contribution in [-0.4, -0.2) is 76.0 Å². The van der Waals surface area contributed by atoms with Gasteiger partial charge < -0.3 is 19.3 Å². The molecule has 4 nitrogen and oxygen atoms in total. The van der Waals surface area contributed by atoms with Gasteiger partial charge in [-0.15, -0.1) is 0 Å². The average molecular weight is 284 g/mol. The minimum absolute atomic E-state index is 0.706. The van der Waals surface area contributed by atoms with Crippen LogP contribution >= 0.6 is 0 Å². The van der Waals surface area contributed by atoms with Crippen molar-refractivity contribution in [3.8, 4) is 0 Å². The van der Waals surface area contributed by atoms with E-state index in [-0.39, 0.29) is 0 Å². The van der Waals surface area contributed by atoms with Gasteiger partial charge in [-0.2, -0.15) is 0 Å². The second kappa shape index (κ2) is 9.72. The summed E-state index contributed by atoms with van der Waals surface area (Å²) in [4.78, 5) is 5.25. The topological polar surface area (TPSA) is 24.9 Å². The van der Waals surface area contributed by atoms with Crippen LogP contribution in [0, 0.1) is 5.92 Å². The first-order valence-electron chi connectivity index (χ1n) is 8.40. The van der Waals surface area contributed by atoms with E-state index in [2.05, 4.69) is 9.80 Å². The summed E-state index contributed by atoms with van der Waals surface area (Å²) in [5, 5.41) is 0. The van der Waals surface area contributed by atoms with Gasteiger partial charge in [0, 0.05) is 20.2 Å². The molecule has 0 aliphatic carbocycles. The van der Waals surface area contributed by atoms with E-state index in [9.17, 15) is 0 Å². The molecule has 2 heterocycles. The molecule has 4 heteroatoms. The van der Waals surface area contributed by atoms with Crippen molar-refractivity contribution in [3.05, 3.63) is 0 Å². The Morgan fingerprint density at radius 2 is 1.60 bits per heavy atom. The molecule has 0 aromatic carbocycles. The second-order valence-electron chi connectivity index (χ2n) is 6.25. The van der Waals surface area contributed by atoms with Gasteiger partial charge in [0.15, 0.2) is 0 Å². The molecule has 0 unspecified atom stereocenters. The highest BCUT2D eigenvalue weighted by atomic mass is 16.5. The van der Waals surface area contributed by atoms with E-state index < -0.39 is 0 Å². The predicted molar refractivity (Wildman–Crippen MR) is 82.2 cm³/mol. The molecule has 2 saturated heterocycles. The highest BCUT2D eigenvalue weighted by Gasteiger charge is 2.21. The molecule has 0 amide bonds. The quantitative estimate of drug-likeness (QED) is 0.635. The summed E-state index contributed by atoms with van der Waals surface area (Å²) in [7, 11) is 1.72. The van der Waals surface area contributed by atoms with Crippen LogP contribution < -0.4 is 0 Å². The van der Waals surface area contributed by atoms with E-state index in [4.69, 9.17) is 9.47 Å². The third kappa shape index (κ3) is 6.08. The number of likely N-dealkylation sites (tertiary alicyclic amines) is 2. The van der Waals surface area contributed by atoms with Gasteiger partial charge in [-0.05, 0) is 57.8 Å². The van der Waals surface area contributed by atoms with Crippen molar-refractivity contribution in [2.24, 2.45) is 5.92 Å². The Kier molecular flexibility index (Phi) is 7.88. The zero-order valence-corrected chi connectivity index (χ0v) is 13.2. The Labute approximate surface area is 124 Å². The lowest BCUT2D eigenvalue weighted by atomic mass is 9.95. The Hall–Kier alpha value is -0.160. The minimum atomic E-state index is 0.706. The molecule has 0 atom stereocenters. The summed E-state index contributed by atoms with van der Waals surface area (Å²) >= 11 is 0. The Bertz CT molecular complexity index is 237. The van der Waals surface area contributed by atoms with Crippen molar-refractivity contribution in [2.45, 2.75) is 32.1 Å². The van der Waals surface area contributed by atoms with Gasteiger partial charge in [0.1, 0.15) is 0 Å². The molecule has 118 valence electrons. The Morgan fingerprint density at radius 3 is 2.30 bits per heavy atom. The largest absolute Gasteiger partial charge is 0.382 e. The normalized spacial score (nSPS) is 23.2. The van der Waals surface area contributed by atoms with Crippen LogP contribution in [0.15, 0.2) is 0 Å². The molecule has 0 aromatic heterocycles. The minimum Gasteiger partial charge on any atom is -0.382 e. The van der Waals surface area contributed by atoms with Crippen molar-refractivity contribution in [1.82, 2.24) is 9.80 Å². The molecular formula is C16H32N2O2. The fourth-order valence-electron chi connectivity index (χ4n) is 3.34. The number of hydrogen-bond acceptors (Lipinski definition) is 4. The molecule has 0 spiro atoms. The molecule has 2 aliphatic rings. The summed E-state index contributed by atoms with van der Waals surface area (Å²) < 4.78 is 10.5. The van der Waals surface area contributed by atoms with Crippen LogP contribution in [0.1, 0.15) is 32.1 Å². The molecule has 0 radical (unpaired) electrons. The lowest BCUT2D eigenvalue weighted by Crippen LogP contribution is -2.41. The van der Waals surface area contributed by atoms with Gasteiger partial charge in [0.2, 0.25) is 0 Å². The number of nitrogens with zero attached hydrogens (tertiary/aromatic N) is 2. The Morgan fingerprint density at radius 1 is 0.850 bits per heavy atom. The monoisotopic (exact) mass is 284 g/mol. The lowest BCUT2D eigenvalue weighted by Gasteiger charge is -2.36. The molecule has 20 heavy (non-hydrogen) atoms. The van der Waals surface area contributed by atoms with E-state index in [0.29, 0.717) is 6.61 Å². The van der Waals surface area contributed by atoms with Crippen LogP contribution in [-0.2, 0) is 9.47 Å². The predicted octanol–water partition coefficient (Wildman–Crippen LogP) is 1.85. The number of piperidine rings is 2. The summed E-state index contributed by atoms with van der Waals surface area (Å²) in [6.45, 7) is 9.90. The summed E-state index contributed by atoms with van der Waals surface area (Å²) in [6, 6.07) is 0. The molecule has 0 bridgehead atoms. The van der Waals surface area contributed by atoms with Crippen LogP contribution in [0.25, 0.3) is 0 Å². The van der Waals surface area contributed by atoms with Crippen molar-refractivity contribution in [2.75, 3.05) is 66.2 Å². The van der Waals surface area contributed by atoms with E-state index >= 15 is 0 Å². The van der Waals surface area contributed by atoms with E-state index in [1.54, 1.807) is 7.11 Å². The fraction of sp³-hybridized carbons (Fsp3) is 1.00. The third-order valence-electron chi connectivity index (χ3n) is 4.66. The average Bonchev–Trinajstić information content (AvgIpc) is 2.50. The molecule has 2 aliphatic heterocycles. The van der Waals surface area contributed by atoms with Gasteiger partial charge in [-0.1, -0.05) is 6.42 Å². The first kappa shape index (κ1) is 16.2. The van der Waals surface area contributed by atoms with Gasteiger partial charge in [-0.25, -0.2) is 0 Å². The molecule has 0 N–H and O–H groups in total. The fourth-order valence-corrected chi connectivity index (χ4v) is 3.34. The molecule has 0 aromatic rings. The molecular weight excluding hydrogens is 252 g/mol. The van der Waals surface area contributed by atoms with Crippen molar-refractivity contribution in [1.29, 1.82) is 0 Å². The Balaban J connectivity index is 1.51. The van der Waals surface area contributed by atoms with Crippen molar-refractivity contribution in [3.63, 3.8) is 0 Å². The highest BCUT2D eigenvalue weighted by Crippen LogP contribution is 2.20. The molecule has 0 saturated carbocycles. The summed E-state index contributed by atoms with van der Waals surface area (Å²) in [5.74, 6) is 0.929. The first-order chi connectivity index (χ1) is 9.88. The SMILES string of the molecule is COCCOCCN1CCC(CN2CCCCC2)CC1. The molecule has 2 fully saturated rings. The van der Waals surface area contributed by atoms with Gasteiger partial charge in [0.05, 0.1) is 19.8 Å². The van der Waals surface area contributed by atoms with Crippen molar-refractivity contribution < 1.29 is 9.47 Å². The standard InChI is InChI=1S/C16H32N2O2/c1-19-13-14-20-12-11-17-9-5-16(6-10-17)15-18-7-3-2-4-8-18/h16H,2-15H2,1H3. The van der Waals surface area contributed by atoms with E-state index in [1.807, 2.05) is 0 Å². The zero-order chi connectivity index (χ0) is 14.0. The second-order valence-corrected chi connectivity index (χ2v) is 6.25. The van der Waals surface area contributed by atoms with Crippen LogP contribution in [0.2, 0.25) is 0 Å². The summed E-state index contributed by atoms with van der Waals surface area (Å²) in [5.41, 5.74) is 0. The van der Waals surface area contributed by atoms with Crippen LogP contribution in [0.5, 0.6) is 0 Å². The maximum atomic E-state index is 5.55. The summed E-state index contributed by atoms with van der Waals surface area (Å²) in [6.07, 6.45) is 7.01. The zero-order valence-electron chi connectivity index (χ0n) is 13.2. The highest BCUT2D eigenvalue weighted by molar-refractivity contribution is 4.76. The number of rotatable bonds is 8.